The van der Waals surface area contributed by atoms with Crippen LogP contribution in [0.3, 0.4) is 0 Å². The molecule has 0 aromatic heterocycles. The van der Waals surface area contributed by atoms with E-state index < -0.39 is 16.1 Å². The molecule has 46 heavy (non-hydrogen) atoms. The van der Waals surface area contributed by atoms with Crippen LogP contribution in [0.25, 0.3) is 0 Å². The smallest absolute Gasteiger partial charge is 0.247 e. The molecule has 1 aliphatic rings. The summed E-state index contributed by atoms with van der Waals surface area (Å²) in [5.41, 5.74) is 3.41. The number of carbonyl (C=O) groups excluding carboxylic acids is 2. The maximum absolute atomic E-state index is 14.0. The summed E-state index contributed by atoms with van der Waals surface area (Å²) in [6.07, 6.45) is 2.84. The number of benzene rings is 4. The first-order chi connectivity index (χ1) is 22.2. The monoisotopic (exact) mass is 659 g/mol. The summed E-state index contributed by atoms with van der Waals surface area (Å²) in [5, 5.41) is 3.63. The molecule has 0 unspecified atom stereocenters. The molecule has 0 bridgehead atoms. The molecule has 0 heterocycles. The first kappa shape index (κ1) is 33.2. The lowest BCUT2D eigenvalue weighted by Gasteiger charge is -2.32. The summed E-state index contributed by atoms with van der Waals surface area (Å²) in [6, 6.07) is 29.9. The third-order valence-electron chi connectivity index (χ3n) is 7.89. The minimum absolute atomic E-state index is 0.0196. The number of carbonyl (C=O) groups is 2. The van der Waals surface area contributed by atoms with Gasteiger partial charge in [0.25, 0.3) is 0 Å². The van der Waals surface area contributed by atoms with E-state index in [0.717, 1.165) is 35.3 Å². The zero-order chi connectivity index (χ0) is 32.5. The summed E-state index contributed by atoms with van der Waals surface area (Å²) in [5.74, 6) is 0.279. The van der Waals surface area contributed by atoms with E-state index in [0.29, 0.717) is 30.0 Å². The molecule has 1 atom stereocenters. The number of halogens is 1. The van der Waals surface area contributed by atoms with Crippen molar-refractivity contribution >= 4 is 33.4 Å². The van der Waals surface area contributed by atoms with Crippen LogP contribution in [-0.2, 0) is 39.0 Å². The molecule has 240 valence electrons. The second-order valence-electron chi connectivity index (χ2n) is 11.4. The van der Waals surface area contributed by atoms with Gasteiger partial charge in [-0.25, -0.2) is 13.1 Å². The molecule has 5 rings (SSSR count). The average molecular weight is 660 g/mol. The highest BCUT2D eigenvalue weighted by Crippen LogP contribution is 2.26. The number of rotatable bonds is 15. The Morgan fingerprint density at radius 3 is 2.09 bits per heavy atom. The molecule has 0 aliphatic heterocycles. The van der Waals surface area contributed by atoms with Crippen molar-refractivity contribution in [3.05, 3.63) is 130 Å². The maximum atomic E-state index is 14.0. The van der Waals surface area contributed by atoms with Crippen LogP contribution in [0.1, 0.15) is 47.6 Å². The van der Waals surface area contributed by atoms with E-state index in [1.165, 1.54) is 0 Å². The largest absolute Gasteiger partial charge is 0.497 e. The lowest BCUT2D eigenvalue weighted by Crippen LogP contribution is -2.44. The molecule has 10 heteroatoms. The van der Waals surface area contributed by atoms with Gasteiger partial charge in [-0.1, -0.05) is 78.3 Å². The second kappa shape index (κ2) is 15.4. The van der Waals surface area contributed by atoms with Crippen LogP contribution in [0, 0.1) is 0 Å². The lowest BCUT2D eigenvalue weighted by molar-refractivity contribution is -0.141. The molecule has 1 fully saturated rings. The normalized spacial score (nSPS) is 13.5. The SMILES string of the molecule is COc1ccc(CCNC(=O)[C@@H](c2ccccc2)N(Cc2ccc(Cl)cc2)C(=O)CCc2ccc(S(=O)(=O)NC3CC3)cc2)cc1. The summed E-state index contributed by atoms with van der Waals surface area (Å²) in [7, 11) is -1.94. The minimum Gasteiger partial charge on any atom is -0.497 e. The van der Waals surface area contributed by atoms with Crippen LogP contribution in [0.15, 0.2) is 108 Å². The Bertz CT molecular complexity index is 1710. The Morgan fingerprint density at radius 1 is 0.848 bits per heavy atom. The van der Waals surface area contributed by atoms with Crippen LogP contribution >= 0.6 is 11.6 Å². The van der Waals surface area contributed by atoms with Crippen molar-refractivity contribution < 1.29 is 22.7 Å². The highest BCUT2D eigenvalue weighted by Gasteiger charge is 2.31. The Kier molecular flexibility index (Phi) is 11.1. The van der Waals surface area contributed by atoms with Gasteiger partial charge in [0.05, 0.1) is 12.0 Å². The number of methoxy groups -OCH3 is 1. The molecular weight excluding hydrogens is 622 g/mol. The maximum Gasteiger partial charge on any atom is 0.247 e. The zero-order valence-corrected chi connectivity index (χ0v) is 27.3. The van der Waals surface area contributed by atoms with Gasteiger partial charge in [0.1, 0.15) is 11.8 Å². The van der Waals surface area contributed by atoms with E-state index in [4.69, 9.17) is 16.3 Å². The van der Waals surface area contributed by atoms with Crippen molar-refractivity contribution in [3.8, 4) is 5.75 Å². The minimum atomic E-state index is -3.56. The number of nitrogens with zero attached hydrogens (tertiary/aromatic N) is 1. The fourth-order valence-electron chi connectivity index (χ4n) is 5.16. The topological polar surface area (TPSA) is 105 Å². The molecule has 4 aromatic rings. The highest BCUT2D eigenvalue weighted by atomic mass is 35.5. The highest BCUT2D eigenvalue weighted by molar-refractivity contribution is 7.89. The van der Waals surface area contributed by atoms with E-state index in [2.05, 4.69) is 10.0 Å². The van der Waals surface area contributed by atoms with Gasteiger partial charge in [-0.15, -0.1) is 0 Å². The summed E-state index contributed by atoms with van der Waals surface area (Å²) in [4.78, 5) is 29.7. The number of nitrogens with one attached hydrogen (secondary N) is 2. The zero-order valence-electron chi connectivity index (χ0n) is 25.7. The van der Waals surface area contributed by atoms with E-state index in [1.54, 1.807) is 48.4 Å². The first-order valence-electron chi connectivity index (χ1n) is 15.3. The summed E-state index contributed by atoms with van der Waals surface area (Å²) in [6.45, 7) is 0.591. The van der Waals surface area contributed by atoms with Crippen molar-refractivity contribution in [2.75, 3.05) is 13.7 Å². The first-order valence-corrected chi connectivity index (χ1v) is 17.2. The molecule has 4 aromatic carbocycles. The molecule has 0 spiro atoms. The summed E-state index contributed by atoms with van der Waals surface area (Å²) < 4.78 is 33.1. The van der Waals surface area contributed by atoms with Crippen molar-refractivity contribution in [1.82, 2.24) is 14.9 Å². The Labute approximate surface area is 275 Å². The van der Waals surface area contributed by atoms with Crippen molar-refractivity contribution in [2.24, 2.45) is 0 Å². The molecule has 1 aliphatic carbocycles. The standard InChI is InChI=1S/C36H38ClN3O5S/c1-45-32-18-9-27(10-19-32)23-24-38-36(42)35(29-5-3-2-4-6-29)40(25-28-7-14-30(37)15-8-28)34(41)22-13-26-11-20-33(21-12-26)46(43,44)39-31-16-17-31/h2-12,14-15,18-21,31,35,39H,13,16-17,22-25H2,1H3,(H,38,42)/t35-/m1/s1. The third-order valence-corrected chi connectivity index (χ3v) is 9.68. The van der Waals surface area contributed by atoms with Crippen LogP contribution < -0.4 is 14.8 Å². The number of amides is 2. The molecular formula is C36H38ClN3O5S. The van der Waals surface area contributed by atoms with E-state index in [-0.39, 0.29) is 35.7 Å². The van der Waals surface area contributed by atoms with E-state index in [1.807, 2.05) is 66.7 Å². The quantitative estimate of drug-likeness (QED) is 0.167. The molecule has 0 radical (unpaired) electrons. The summed E-state index contributed by atoms with van der Waals surface area (Å²) >= 11 is 6.14. The number of hydrogen-bond acceptors (Lipinski definition) is 5. The van der Waals surface area contributed by atoms with Gasteiger partial charge in [-0.2, -0.15) is 0 Å². The lowest BCUT2D eigenvalue weighted by atomic mass is 10.0. The number of aryl methyl sites for hydroxylation is 1. The third kappa shape index (κ3) is 9.19. The van der Waals surface area contributed by atoms with Crippen LogP contribution in [0.5, 0.6) is 5.75 Å². The molecule has 1 saturated carbocycles. The Hall–Kier alpha value is -4.18. The molecule has 8 nitrogen and oxygen atoms in total. The van der Waals surface area contributed by atoms with Crippen LogP contribution in [0.2, 0.25) is 5.02 Å². The fourth-order valence-corrected chi connectivity index (χ4v) is 6.59. The van der Waals surface area contributed by atoms with Gasteiger partial charge in [-0.05, 0) is 84.3 Å². The van der Waals surface area contributed by atoms with Crippen molar-refractivity contribution in [1.29, 1.82) is 0 Å². The average Bonchev–Trinajstić information content (AvgIpc) is 3.88. The molecule has 2 amide bonds. The second-order valence-corrected chi connectivity index (χ2v) is 13.5. The van der Waals surface area contributed by atoms with E-state index in [9.17, 15) is 18.0 Å². The van der Waals surface area contributed by atoms with Gasteiger partial charge in [0.15, 0.2) is 0 Å². The van der Waals surface area contributed by atoms with Gasteiger partial charge in [0.2, 0.25) is 21.8 Å². The van der Waals surface area contributed by atoms with Gasteiger partial charge in [-0.3, -0.25) is 9.59 Å². The molecule has 2 N–H and O–H groups in total. The fraction of sp³-hybridized carbons (Fsp3) is 0.278. The van der Waals surface area contributed by atoms with Crippen LogP contribution in [0.4, 0.5) is 0 Å². The number of hydrogen-bond donors (Lipinski definition) is 2. The van der Waals surface area contributed by atoms with Gasteiger partial charge < -0.3 is 15.0 Å². The molecule has 0 saturated heterocycles. The van der Waals surface area contributed by atoms with E-state index >= 15 is 0 Å². The number of sulfonamides is 1. The number of ether oxygens (including phenoxy) is 1. The van der Waals surface area contributed by atoms with Gasteiger partial charge >= 0.3 is 0 Å². The van der Waals surface area contributed by atoms with Crippen LogP contribution in [-0.4, -0.2) is 44.8 Å². The van der Waals surface area contributed by atoms with Gasteiger partial charge in [0, 0.05) is 30.6 Å². The predicted octanol–water partition coefficient (Wildman–Crippen LogP) is 5.85. The Morgan fingerprint density at radius 2 is 1.46 bits per heavy atom. The predicted molar refractivity (Wildman–Crippen MR) is 179 cm³/mol. The Balaban J connectivity index is 1.33. The van der Waals surface area contributed by atoms with Crippen molar-refractivity contribution in [2.45, 2.75) is 55.6 Å². The van der Waals surface area contributed by atoms with Crippen molar-refractivity contribution in [3.63, 3.8) is 0 Å².